The molecule has 0 fully saturated rings. The number of anilines is 1. The van der Waals surface area contributed by atoms with Gasteiger partial charge >= 0.3 is 6.18 Å². The first-order valence-corrected chi connectivity index (χ1v) is 6.87. The number of nitrogens with one attached hydrogen (secondary N) is 1. The van der Waals surface area contributed by atoms with Gasteiger partial charge in [-0.25, -0.2) is 4.98 Å². The zero-order valence-corrected chi connectivity index (χ0v) is 13.1. The Hall–Kier alpha value is -1.53. The quantitative estimate of drug-likeness (QED) is 0.897. The van der Waals surface area contributed by atoms with Crippen LogP contribution in [0.1, 0.15) is 45.5 Å². The van der Waals surface area contributed by atoms with E-state index in [4.69, 9.17) is 4.74 Å². The summed E-state index contributed by atoms with van der Waals surface area (Å²) in [7, 11) is 0. The minimum absolute atomic E-state index is 0.0224. The number of rotatable bonds is 5. The van der Waals surface area contributed by atoms with Gasteiger partial charge < -0.3 is 10.1 Å². The molecule has 0 saturated heterocycles. The maximum Gasteiger partial charge on any atom is 0.422 e. The maximum absolute atomic E-state index is 12.3. The summed E-state index contributed by atoms with van der Waals surface area (Å²) < 4.78 is 41.8. The summed E-state index contributed by atoms with van der Waals surface area (Å²) in [5.74, 6) is 0.948. The highest BCUT2D eigenvalue weighted by Gasteiger charge is 2.30. The first-order valence-electron chi connectivity index (χ1n) is 6.87. The van der Waals surface area contributed by atoms with Crippen LogP contribution in [0.3, 0.4) is 0 Å². The normalized spacial score (nSPS) is 12.4. The minimum Gasteiger partial charge on any atom is -0.468 e. The summed E-state index contributed by atoms with van der Waals surface area (Å²) >= 11 is 0. The molecular weight excluding hydrogens is 283 g/mol. The molecule has 0 radical (unpaired) electrons. The van der Waals surface area contributed by atoms with Gasteiger partial charge in [-0.15, -0.1) is 0 Å². The molecule has 1 aromatic heterocycles. The van der Waals surface area contributed by atoms with Gasteiger partial charge in [0.15, 0.2) is 6.61 Å². The molecule has 1 rings (SSSR count). The number of nitrogens with zero attached hydrogens (tertiary/aromatic N) is 2. The van der Waals surface area contributed by atoms with E-state index in [0.29, 0.717) is 23.8 Å². The highest BCUT2D eigenvalue weighted by Crippen LogP contribution is 2.28. The number of alkyl halides is 3. The zero-order valence-electron chi connectivity index (χ0n) is 13.1. The molecule has 4 nitrogen and oxygen atoms in total. The van der Waals surface area contributed by atoms with Gasteiger partial charge in [0.25, 0.3) is 0 Å². The van der Waals surface area contributed by atoms with E-state index in [1.807, 2.05) is 27.7 Å². The van der Waals surface area contributed by atoms with Gasteiger partial charge in [-0.05, 0) is 13.3 Å². The lowest BCUT2D eigenvalue weighted by Gasteiger charge is -2.21. The molecule has 120 valence electrons. The van der Waals surface area contributed by atoms with Crippen LogP contribution in [0.5, 0.6) is 5.88 Å². The van der Waals surface area contributed by atoms with Crippen molar-refractivity contribution in [2.45, 2.75) is 52.6 Å². The number of hydrogen-bond donors (Lipinski definition) is 1. The van der Waals surface area contributed by atoms with E-state index >= 15 is 0 Å². The number of halogens is 3. The van der Waals surface area contributed by atoms with Gasteiger partial charge in [0.05, 0.1) is 5.56 Å². The van der Waals surface area contributed by atoms with Crippen molar-refractivity contribution in [1.29, 1.82) is 0 Å². The Morgan fingerprint density at radius 3 is 2.24 bits per heavy atom. The van der Waals surface area contributed by atoms with E-state index in [1.54, 1.807) is 6.92 Å². The van der Waals surface area contributed by atoms with Crippen LogP contribution in [0.4, 0.5) is 19.0 Å². The Labute approximate surface area is 123 Å². The molecule has 1 N–H and O–H groups in total. The summed E-state index contributed by atoms with van der Waals surface area (Å²) in [5.41, 5.74) is 0.105. The van der Waals surface area contributed by atoms with Crippen molar-refractivity contribution in [3.8, 4) is 5.88 Å². The molecule has 1 heterocycles. The Morgan fingerprint density at radius 1 is 1.14 bits per heavy atom. The van der Waals surface area contributed by atoms with Crippen LogP contribution in [-0.2, 0) is 5.41 Å². The molecule has 1 aromatic rings. The molecular formula is C14H22F3N3O. The van der Waals surface area contributed by atoms with Gasteiger partial charge in [0, 0.05) is 12.0 Å². The molecule has 0 aliphatic rings. The van der Waals surface area contributed by atoms with Gasteiger partial charge in [-0.2, -0.15) is 18.2 Å². The third-order valence-electron chi connectivity index (χ3n) is 2.69. The van der Waals surface area contributed by atoms with E-state index in [9.17, 15) is 13.2 Å². The second-order valence-corrected chi connectivity index (χ2v) is 5.91. The van der Waals surface area contributed by atoms with Crippen LogP contribution in [0.25, 0.3) is 0 Å². The van der Waals surface area contributed by atoms with Gasteiger partial charge in [0.1, 0.15) is 11.6 Å². The lowest BCUT2D eigenvalue weighted by molar-refractivity contribution is -0.154. The summed E-state index contributed by atoms with van der Waals surface area (Å²) in [6.45, 7) is 8.66. The fraction of sp³-hybridized carbons (Fsp3) is 0.714. The van der Waals surface area contributed by atoms with Crippen LogP contribution in [-0.4, -0.2) is 29.3 Å². The Morgan fingerprint density at radius 2 is 1.76 bits per heavy atom. The molecule has 0 amide bonds. The molecule has 0 spiro atoms. The predicted octanol–water partition coefficient (Wildman–Crippen LogP) is 3.85. The van der Waals surface area contributed by atoms with Crippen molar-refractivity contribution in [3.05, 3.63) is 11.4 Å². The molecule has 0 atom stereocenters. The van der Waals surface area contributed by atoms with E-state index in [2.05, 4.69) is 15.3 Å². The summed E-state index contributed by atoms with van der Waals surface area (Å²) in [6.07, 6.45) is -3.51. The van der Waals surface area contributed by atoms with E-state index in [-0.39, 0.29) is 11.3 Å². The largest absolute Gasteiger partial charge is 0.468 e. The standard InChI is InChI=1S/C14H22F3N3O/c1-6-7-18-10-9(2)11(21-8-14(15,16)17)20-12(19-10)13(3,4)5/h6-8H2,1-5H3,(H,18,19,20). The highest BCUT2D eigenvalue weighted by atomic mass is 19.4. The van der Waals surface area contributed by atoms with Crippen LogP contribution >= 0.6 is 0 Å². The summed E-state index contributed by atoms with van der Waals surface area (Å²) in [5, 5.41) is 3.10. The average molecular weight is 305 g/mol. The van der Waals surface area contributed by atoms with Crippen LogP contribution in [0.2, 0.25) is 0 Å². The monoisotopic (exact) mass is 305 g/mol. The summed E-state index contributed by atoms with van der Waals surface area (Å²) in [6, 6.07) is 0. The first kappa shape index (κ1) is 17.5. The fourth-order valence-electron chi connectivity index (χ4n) is 1.54. The zero-order chi connectivity index (χ0) is 16.3. The second kappa shape index (κ2) is 6.49. The Balaban J connectivity index is 3.15. The van der Waals surface area contributed by atoms with Gasteiger partial charge in [-0.3, -0.25) is 0 Å². The van der Waals surface area contributed by atoms with Crippen molar-refractivity contribution < 1.29 is 17.9 Å². The van der Waals surface area contributed by atoms with Crippen molar-refractivity contribution in [2.75, 3.05) is 18.5 Å². The fourth-order valence-corrected chi connectivity index (χ4v) is 1.54. The van der Waals surface area contributed by atoms with E-state index in [0.717, 1.165) is 6.42 Å². The molecule has 0 aliphatic heterocycles. The molecule has 0 aromatic carbocycles. The van der Waals surface area contributed by atoms with Crippen LogP contribution < -0.4 is 10.1 Å². The number of hydrogen-bond acceptors (Lipinski definition) is 4. The minimum atomic E-state index is -4.39. The van der Waals surface area contributed by atoms with Gasteiger partial charge in [-0.1, -0.05) is 27.7 Å². The molecule has 0 saturated carbocycles. The second-order valence-electron chi connectivity index (χ2n) is 5.91. The molecule has 0 bridgehead atoms. The van der Waals surface area contributed by atoms with E-state index < -0.39 is 12.8 Å². The summed E-state index contributed by atoms with van der Waals surface area (Å²) in [4.78, 5) is 8.54. The van der Waals surface area contributed by atoms with Crippen molar-refractivity contribution in [2.24, 2.45) is 0 Å². The molecule has 0 unspecified atom stereocenters. The highest BCUT2D eigenvalue weighted by molar-refractivity contribution is 5.49. The average Bonchev–Trinajstić information content (AvgIpc) is 2.33. The molecule has 7 heteroatoms. The lowest BCUT2D eigenvalue weighted by atomic mass is 9.95. The third-order valence-corrected chi connectivity index (χ3v) is 2.69. The Kier molecular flexibility index (Phi) is 5.42. The molecule has 21 heavy (non-hydrogen) atoms. The van der Waals surface area contributed by atoms with Crippen molar-refractivity contribution >= 4 is 5.82 Å². The molecule has 0 aliphatic carbocycles. The SMILES string of the molecule is CCCNc1nc(C(C)(C)C)nc(OCC(F)(F)F)c1C. The number of ether oxygens (including phenoxy) is 1. The van der Waals surface area contributed by atoms with Crippen LogP contribution in [0, 0.1) is 6.92 Å². The Bertz CT molecular complexity index is 482. The van der Waals surface area contributed by atoms with Crippen molar-refractivity contribution in [3.63, 3.8) is 0 Å². The van der Waals surface area contributed by atoms with Gasteiger partial charge in [0.2, 0.25) is 5.88 Å². The lowest BCUT2D eigenvalue weighted by Crippen LogP contribution is -2.23. The topological polar surface area (TPSA) is 47.0 Å². The van der Waals surface area contributed by atoms with E-state index in [1.165, 1.54) is 0 Å². The van der Waals surface area contributed by atoms with Crippen LogP contribution in [0.15, 0.2) is 0 Å². The first-order chi connectivity index (χ1) is 9.54. The third kappa shape index (κ3) is 5.40. The predicted molar refractivity (Wildman–Crippen MR) is 75.8 cm³/mol. The van der Waals surface area contributed by atoms with Crippen molar-refractivity contribution in [1.82, 2.24) is 9.97 Å². The smallest absolute Gasteiger partial charge is 0.422 e. The number of aromatic nitrogens is 2. The maximum atomic E-state index is 12.3.